The topological polar surface area (TPSA) is 58.6 Å². The van der Waals surface area contributed by atoms with Gasteiger partial charge >= 0.3 is 0 Å². The van der Waals surface area contributed by atoms with E-state index in [-0.39, 0.29) is 18.6 Å². The Morgan fingerprint density at radius 2 is 2.14 bits per heavy atom. The lowest BCUT2D eigenvalue weighted by Gasteiger charge is -2.17. The zero-order valence-corrected chi connectivity index (χ0v) is 9.25. The van der Waals surface area contributed by atoms with E-state index in [1.54, 1.807) is 6.92 Å². The fraction of sp³-hybridized carbons (Fsp3) is 0.900. The number of rotatable bonds is 7. The van der Waals surface area contributed by atoms with Gasteiger partial charge in [-0.15, -0.1) is 0 Å². The maximum Gasteiger partial charge on any atom is 0.249 e. The van der Waals surface area contributed by atoms with Gasteiger partial charge in [0, 0.05) is 19.3 Å². The van der Waals surface area contributed by atoms with Crippen LogP contribution in [0, 0.1) is 0 Å². The summed E-state index contributed by atoms with van der Waals surface area (Å²) < 4.78 is 5.15. The average Bonchev–Trinajstić information content (AvgIpc) is 2.15. The third kappa shape index (κ3) is 5.94. The molecule has 14 heavy (non-hydrogen) atoms. The summed E-state index contributed by atoms with van der Waals surface area (Å²) >= 11 is 0. The summed E-state index contributed by atoms with van der Waals surface area (Å²) in [7, 11) is 0. The fourth-order valence-corrected chi connectivity index (χ4v) is 1.16. The molecule has 4 heteroatoms. The van der Waals surface area contributed by atoms with Gasteiger partial charge < -0.3 is 15.2 Å². The summed E-state index contributed by atoms with van der Waals surface area (Å²) in [6.07, 6.45) is 1.11. The summed E-state index contributed by atoms with van der Waals surface area (Å²) in [6.45, 7) is 6.23. The first-order chi connectivity index (χ1) is 6.61. The Labute approximate surface area is 85.6 Å². The van der Waals surface area contributed by atoms with Gasteiger partial charge in [0.05, 0.1) is 0 Å². The molecule has 84 valence electrons. The highest BCUT2D eigenvalue weighted by atomic mass is 16.5. The molecule has 0 saturated heterocycles. The van der Waals surface area contributed by atoms with Gasteiger partial charge in [0.25, 0.3) is 0 Å². The summed E-state index contributed by atoms with van der Waals surface area (Å²) in [5.41, 5.74) is 0. The molecule has 0 fully saturated rings. The Balaban J connectivity index is 3.69. The molecule has 0 aromatic carbocycles. The predicted molar refractivity (Wildman–Crippen MR) is 55.0 cm³/mol. The third-order valence-corrected chi connectivity index (χ3v) is 1.97. The first-order valence-corrected chi connectivity index (χ1v) is 5.14. The second-order valence-electron chi connectivity index (χ2n) is 3.37. The van der Waals surface area contributed by atoms with E-state index in [1.807, 2.05) is 13.8 Å². The van der Waals surface area contributed by atoms with Crippen molar-refractivity contribution in [3.05, 3.63) is 0 Å². The third-order valence-electron chi connectivity index (χ3n) is 1.97. The van der Waals surface area contributed by atoms with Crippen molar-refractivity contribution < 1.29 is 14.6 Å². The fourth-order valence-electron chi connectivity index (χ4n) is 1.16. The van der Waals surface area contributed by atoms with Crippen molar-refractivity contribution in [2.45, 2.75) is 45.8 Å². The van der Waals surface area contributed by atoms with Crippen LogP contribution in [0.3, 0.4) is 0 Å². The SMILES string of the molecule is CCOC(C)C(=O)NC(C)CCCO. The van der Waals surface area contributed by atoms with Crippen LogP contribution in [-0.2, 0) is 9.53 Å². The normalized spacial score (nSPS) is 14.9. The van der Waals surface area contributed by atoms with Gasteiger partial charge in [0.15, 0.2) is 0 Å². The molecule has 0 aromatic heterocycles. The van der Waals surface area contributed by atoms with E-state index >= 15 is 0 Å². The molecule has 0 spiro atoms. The van der Waals surface area contributed by atoms with E-state index in [0.717, 1.165) is 6.42 Å². The molecule has 0 radical (unpaired) electrons. The van der Waals surface area contributed by atoms with Crippen molar-refractivity contribution in [3.63, 3.8) is 0 Å². The van der Waals surface area contributed by atoms with Crippen LogP contribution in [0.15, 0.2) is 0 Å². The lowest BCUT2D eigenvalue weighted by atomic mass is 10.2. The standard InChI is InChI=1S/C10H21NO3/c1-4-14-9(3)10(13)11-8(2)6-5-7-12/h8-9,12H,4-7H2,1-3H3,(H,11,13). The van der Waals surface area contributed by atoms with E-state index in [9.17, 15) is 4.79 Å². The van der Waals surface area contributed by atoms with Gasteiger partial charge in [-0.2, -0.15) is 0 Å². The van der Waals surface area contributed by atoms with E-state index in [4.69, 9.17) is 9.84 Å². The monoisotopic (exact) mass is 203 g/mol. The minimum Gasteiger partial charge on any atom is -0.396 e. The van der Waals surface area contributed by atoms with Crippen LogP contribution in [0.1, 0.15) is 33.6 Å². The van der Waals surface area contributed by atoms with Crippen LogP contribution in [0.2, 0.25) is 0 Å². The minimum absolute atomic E-state index is 0.0858. The first kappa shape index (κ1) is 13.4. The second kappa shape index (κ2) is 7.76. The van der Waals surface area contributed by atoms with Gasteiger partial charge in [0.1, 0.15) is 6.10 Å². The lowest BCUT2D eigenvalue weighted by molar-refractivity contribution is -0.132. The number of ether oxygens (including phenoxy) is 1. The molecule has 2 unspecified atom stereocenters. The van der Waals surface area contributed by atoms with Crippen molar-refractivity contribution in [2.75, 3.05) is 13.2 Å². The first-order valence-electron chi connectivity index (χ1n) is 5.14. The van der Waals surface area contributed by atoms with E-state index < -0.39 is 6.10 Å². The number of carbonyl (C=O) groups is 1. The number of nitrogens with one attached hydrogen (secondary N) is 1. The molecular formula is C10H21NO3. The largest absolute Gasteiger partial charge is 0.396 e. The highest BCUT2D eigenvalue weighted by Gasteiger charge is 2.14. The van der Waals surface area contributed by atoms with Crippen LogP contribution in [0.4, 0.5) is 0 Å². The Morgan fingerprint density at radius 3 is 2.64 bits per heavy atom. The zero-order chi connectivity index (χ0) is 11.0. The quantitative estimate of drug-likeness (QED) is 0.640. The van der Waals surface area contributed by atoms with Gasteiger partial charge in [-0.1, -0.05) is 0 Å². The zero-order valence-electron chi connectivity index (χ0n) is 9.25. The maximum atomic E-state index is 11.4. The molecule has 0 rings (SSSR count). The van der Waals surface area contributed by atoms with Crippen molar-refractivity contribution in [2.24, 2.45) is 0 Å². The van der Waals surface area contributed by atoms with Crippen LogP contribution < -0.4 is 5.32 Å². The lowest BCUT2D eigenvalue weighted by Crippen LogP contribution is -2.40. The number of carbonyl (C=O) groups excluding carboxylic acids is 1. The molecule has 0 aromatic rings. The molecule has 0 heterocycles. The Morgan fingerprint density at radius 1 is 1.50 bits per heavy atom. The molecular weight excluding hydrogens is 182 g/mol. The highest BCUT2D eigenvalue weighted by Crippen LogP contribution is 1.97. The summed E-state index contributed by atoms with van der Waals surface area (Å²) in [6, 6.07) is 0.0950. The van der Waals surface area contributed by atoms with Gasteiger partial charge in [0.2, 0.25) is 5.91 Å². The van der Waals surface area contributed by atoms with Crippen molar-refractivity contribution in [1.29, 1.82) is 0 Å². The number of aliphatic hydroxyl groups excluding tert-OH is 1. The Kier molecular flexibility index (Phi) is 7.42. The number of hydrogen-bond acceptors (Lipinski definition) is 3. The number of amides is 1. The van der Waals surface area contributed by atoms with Gasteiger partial charge in [-0.3, -0.25) is 4.79 Å². The van der Waals surface area contributed by atoms with Gasteiger partial charge in [-0.05, 0) is 33.6 Å². The van der Waals surface area contributed by atoms with E-state index in [0.29, 0.717) is 13.0 Å². The molecule has 0 saturated carbocycles. The van der Waals surface area contributed by atoms with Crippen LogP contribution >= 0.6 is 0 Å². The van der Waals surface area contributed by atoms with Crippen molar-refractivity contribution in [1.82, 2.24) is 5.32 Å². The molecule has 0 aliphatic heterocycles. The highest BCUT2D eigenvalue weighted by molar-refractivity contribution is 5.80. The second-order valence-corrected chi connectivity index (χ2v) is 3.37. The smallest absolute Gasteiger partial charge is 0.249 e. The van der Waals surface area contributed by atoms with Crippen LogP contribution in [0.25, 0.3) is 0 Å². The molecule has 0 aliphatic rings. The molecule has 1 amide bonds. The number of hydrogen-bond donors (Lipinski definition) is 2. The Hall–Kier alpha value is -0.610. The van der Waals surface area contributed by atoms with E-state index in [2.05, 4.69) is 5.32 Å². The van der Waals surface area contributed by atoms with Crippen molar-refractivity contribution >= 4 is 5.91 Å². The summed E-state index contributed by atoms with van der Waals surface area (Å²) in [5.74, 6) is -0.0858. The summed E-state index contributed by atoms with van der Waals surface area (Å²) in [5, 5.41) is 11.4. The molecule has 2 N–H and O–H groups in total. The minimum atomic E-state index is -0.392. The molecule has 4 nitrogen and oxygen atoms in total. The van der Waals surface area contributed by atoms with Crippen molar-refractivity contribution in [3.8, 4) is 0 Å². The molecule has 0 bridgehead atoms. The van der Waals surface area contributed by atoms with Crippen LogP contribution in [-0.4, -0.2) is 36.4 Å². The Bertz CT molecular complexity index is 161. The predicted octanol–water partition coefficient (Wildman–Crippen LogP) is 0.689. The van der Waals surface area contributed by atoms with Crippen LogP contribution in [0.5, 0.6) is 0 Å². The molecule has 0 aliphatic carbocycles. The molecule has 2 atom stereocenters. The van der Waals surface area contributed by atoms with E-state index in [1.165, 1.54) is 0 Å². The maximum absolute atomic E-state index is 11.4. The summed E-state index contributed by atoms with van der Waals surface area (Å²) in [4.78, 5) is 11.4. The average molecular weight is 203 g/mol. The van der Waals surface area contributed by atoms with Gasteiger partial charge in [-0.25, -0.2) is 0 Å². The number of aliphatic hydroxyl groups is 1.